The molecule has 1 amide bonds. The van der Waals surface area contributed by atoms with E-state index in [1.165, 1.54) is 10.7 Å². The van der Waals surface area contributed by atoms with Gasteiger partial charge in [-0.2, -0.15) is 5.10 Å². The zero-order chi connectivity index (χ0) is 18.5. The molecule has 0 bridgehead atoms. The molecule has 1 aromatic carbocycles. The Morgan fingerprint density at radius 2 is 2.12 bits per heavy atom. The molecule has 0 aliphatic carbocycles. The molecule has 2 aromatic rings. The number of carbonyl (C=O) groups is 2. The van der Waals surface area contributed by atoms with Crippen molar-refractivity contribution in [1.82, 2.24) is 15.1 Å². The predicted molar refractivity (Wildman–Crippen MR) is 95.1 cm³/mol. The highest BCUT2D eigenvalue weighted by Crippen LogP contribution is 2.23. The first-order valence-electron chi connectivity index (χ1n) is 8.78. The van der Waals surface area contributed by atoms with Crippen LogP contribution in [0.1, 0.15) is 35.8 Å². The number of rotatable bonds is 6. The molecule has 0 radical (unpaired) electrons. The van der Waals surface area contributed by atoms with Crippen LogP contribution in [0.25, 0.3) is 5.69 Å². The molecule has 7 nitrogen and oxygen atoms in total. The van der Waals surface area contributed by atoms with Crippen molar-refractivity contribution in [3.63, 3.8) is 0 Å². The summed E-state index contributed by atoms with van der Waals surface area (Å²) in [4.78, 5) is 23.4. The van der Waals surface area contributed by atoms with Crippen LogP contribution in [0.4, 0.5) is 0 Å². The van der Waals surface area contributed by atoms with Crippen LogP contribution in [0, 0.1) is 11.8 Å². The number of nitrogens with zero attached hydrogens (tertiary/aromatic N) is 2. The van der Waals surface area contributed by atoms with Gasteiger partial charge in [0, 0.05) is 31.9 Å². The van der Waals surface area contributed by atoms with Crippen LogP contribution < -0.4 is 5.32 Å². The van der Waals surface area contributed by atoms with Gasteiger partial charge in [0.1, 0.15) is 0 Å². The van der Waals surface area contributed by atoms with Gasteiger partial charge in [-0.25, -0.2) is 9.48 Å². The second kappa shape index (κ2) is 8.14. The van der Waals surface area contributed by atoms with E-state index in [-0.39, 0.29) is 17.5 Å². The largest absolute Gasteiger partial charge is 0.476 e. The quantitative estimate of drug-likeness (QED) is 0.827. The number of carboxylic acid groups (broad SMARTS) is 1. The average molecular weight is 357 g/mol. The molecule has 1 atom stereocenters. The smallest absolute Gasteiger partial charge is 0.356 e. The van der Waals surface area contributed by atoms with Crippen LogP contribution in [-0.4, -0.2) is 40.0 Å². The number of ether oxygens (including phenoxy) is 1. The Balaban J connectivity index is 1.61. The summed E-state index contributed by atoms with van der Waals surface area (Å²) >= 11 is 0. The summed E-state index contributed by atoms with van der Waals surface area (Å²) in [5.74, 6) is -0.677. The standard InChI is InChI=1S/C19H23N3O4/c1-13(15-6-9-26-10-7-15)18(23)20-12-14-3-2-4-16(11-14)22-8-5-17(21-22)19(24)25/h2-5,8,11,13,15H,6-7,9-10,12H2,1H3,(H,20,23)(H,24,25). The summed E-state index contributed by atoms with van der Waals surface area (Å²) in [6.45, 7) is 3.85. The van der Waals surface area contributed by atoms with Gasteiger partial charge in [-0.15, -0.1) is 0 Å². The Hall–Kier alpha value is -2.67. The van der Waals surface area contributed by atoms with Crippen LogP contribution in [0.2, 0.25) is 0 Å². The highest BCUT2D eigenvalue weighted by molar-refractivity contribution is 5.85. The van der Waals surface area contributed by atoms with E-state index in [4.69, 9.17) is 9.84 Å². The van der Waals surface area contributed by atoms with E-state index in [0.717, 1.165) is 37.3 Å². The van der Waals surface area contributed by atoms with Crippen molar-refractivity contribution >= 4 is 11.9 Å². The lowest BCUT2D eigenvalue weighted by Crippen LogP contribution is -2.35. The number of aromatic nitrogens is 2. The van der Waals surface area contributed by atoms with Gasteiger partial charge in [0.05, 0.1) is 5.69 Å². The fourth-order valence-electron chi connectivity index (χ4n) is 3.17. The van der Waals surface area contributed by atoms with Gasteiger partial charge in [-0.3, -0.25) is 4.79 Å². The topological polar surface area (TPSA) is 93.5 Å². The first-order valence-corrected chi connectivity index (χ1v) is 8.78. The van der Waals surface area contributed by atoms with E-state index in [0.29, 0.717) is 12.5 Å². The van der Waals surface area contributed by atoms with Gasteiger partial charge in [-0.1, -0.05) is 19.1 Å². The first kappa shape index (κ1) is 18.1. The molecule has 3 rings (SSSR count). The van der Waals surface area contributed by atoms with Crippen molar-refractivity contribution in [2.24, 2.45) is 11.8 Å². The van der Waals surface area contributed by atoms with E-state index in [1.807, 2.05) is 31.2 Å². The monoisotopic (exact) mass is 357 g/mol. The molecule has 2 N–H and O–H groups in total. The Bertz CT molecular complexity index is 781. The summed E-state index contributed by atoms with van der Waals surface area (Å²) in [6.07, 6.45) is 3.46. The Kier molecular flexibility index (Phi) is 5.68. The third-order valence-corrected chi connectivity index (χ3v) is 4.84. The second-order valence-corrected chi connectivity index (χ2v) is 6.58. The fourth-order valence-corrected chi connectivity index (χ4v) is 3.17. The van der Waals surface area contributed by atoms with Crippen LogP contribution in [-0.2, 0) is 16.1 Å². The summed E-state index contributed by atoms with van der Waals surface area (Å²) in [5.41, 5.74) is 1.68. The summed E-state index contributed by atoms with van der Waals surface area (Å²) in [5, 5.41) is 16.0. The molecule has 1 aliphatic rings. The molecule has 1 unspecified atom stereocenters. The molecule has 1 aromatic heterocycles. The summed E-state index contributed by atoms with van der Waals surface area (Å²) in [7, 11) is 0. The molecule has 1 saturated heterocycles. The van der Waals surface area contributed by atoms with Crippen molar-refractivity contribution in [2.75, 3.05) is 13.2 Å². The van der Waals surface area contributed by atoms with Gasteiger partial charge in [0.2, 0.25) is 5.91 Å². The molecule has 1 aliphatic heterocycles. The molecule has 0 spiro atoms. The lowest BCUT2D eigenvalue weighted by Gasteiger charge is -2.27. The molecular formula is C19H23N3O4. The number of nitrogens with one attached hydrogen (secondary N) is 1. The summed E-state index contributed by atoms with van der Waals surface area (Å²) < 4.78 is 6.87. The molecule has 7 heteroatoms. The minimum atomic E-state index is -1.06. The van der Waals surface area contributed by atoms with Gasteiger partial charge in [0.25, 0.3) is 0 Å². The molecule has 2 heterocycles. The van der Waals surface area contributed by atoms with E-state index in [2.05, 4.69) is 10.4 Å². The van der Waals surface area contributed by atoms with Gasteiger partial charge in [0.15, 0.2) is 5.69 Å². The number of aromatic carboxylic acids is 1. The number of carboxylic acids is 1. The SMILES string of the molecule is CC(C(=O)NCc1cccc(-n2ccc(C(=O)O)n2)c1)C1CCOCC1. The highest BCUT2D eigenvalue weighted by atomic mass is 16.5. The van der Waals surface area contributed by atoms with Crippen LogP contribution in [0.15, 0.2) is 36.5 Å². The van der Waals surface area contributed by atoms with Crippen LogP contribution in [0.3, 0.4) is 0 Å². The van der Waals surface area contributed by atoms with Gasteiger partial charge < -0.3 is 15.2 Å². The van der Waals surface area contributed by atoms with Gasteiger partial charge >= 0.3 is 5.97 Å². The Labute approximate surface area is 152 Å². The minimum absolute atomic E-state index is 0.00556. The number of carbonyl (C=O) groups excluding carboxylic acids is 1. The second-order valence-electron chi connectivity index (χ2n) is 6.58. The van der Waals surface area contributed by atoms with E-state index in [9.17, 15) is 9.59 Å². The maximum absolute atomic E-state index is 12.4. The molecule has 26 heavy (non-hydrogen) atoms. The number of amides is 1. The fraction of sp³-hybridized carbons (Fsp3) is 0.421. The maximum Gasteiger partial charge on any atom is 0.356 e. The van der Waals surface area contributed by atoms with Crippen molar-refractivity contribution in [3.05, 3.63) is 47.8 Å². The highest BCUT2D eigenvalue weighted by Gasteiger charge is 2.25. The molecule has 138 valence electrons. The molecular weight excluding hydrogens is 334 g/mol. The third-order valence-electron chi connectivity index (χ3n) is 4.84. The Morgan fingerprint density at radius 3 is 2.81 bits per heavy atom. The van der Waals surface area contributed by atoms with Crippen molar-refractivity contribution in [3.8, 4) is 5.69 Å². The zero-order valence-corrected chi connectivity index (χ0v) is 14.7. The lowest BCUT2D eigenvalue weighted by molar-refractivity contribution is -0.127. The lowest BCUT2D eigenvalue weighted by atomic mass is 9.87. The summed E-state index contributed by atoms with van der Waals surface area (Å²) in [6, 6.07) is 8.96. The van der Waals surface area contributed by atoms with Crippen molar-refractivity contribution in [1.29, 1.82) is 0 Å². The maximum atomic E-state index is 12.4. The average Bonchev–Trinajstić information content (AvgIpc) is 3.17. The van der Waals surface area contributed by atoms with Crippen molar-refractivity contribution < 1.29 is 19.4 Å². The molecule has 1 fully saturated rings. The Morgan fingerprint density at radius 1 is 1.35 bits per heavy atom. The van der Waals surface area contributed by atoms with Gasteiger partial charge in [-0.05, 0) is 42.5 Å². The zero-order valence-electron chi connectivity index (χ0n) is 14.7. The third kappa shape index (κ3) is 4.29. The number of benzene rings is 1. The van der Waals surface area contributed by atoms with E-state index < -0.39 is 5.97 Å². The minimum Gasteiger partial charge on any atom is -0.476 e. The van der Waals surface area contributed by atoms with Crippen molar-refractivity contribution in [2.45, 2.75) is 26.3 Å². The molecule has 0 saturated carbocycles. The first-order chi connectivity index (χ1) is 12.5. The predicted octanol–water partition coefficient (Wildman–Crippen LogP) is 2.25. The number of hydrogen-bond donors (Lipinski definition) is 2. The van der Waals surface area contributed by atoms with E-state index >= 15 is 0 Å². The number of hydrogen-bond acceptors (Lipinski definition) is 4. The van der Waals surface area contributed by atoms with Crippen LogP contribution in [0.5, 0.6) is 0 Å². The van der Waals surface area contributed by atoms with Crippen LogP contribution >= 0.6 is 0 Å². The van der Waals surface area contributed by atoms with E-state index in [1.54, 1.807) is 6.20 Å². The normalized spacial score (nSPS) is 16.2.